The molecule has 1 amide bonds. The van der Waals surface area contributed by atoms with Gasteiger partial charge >= 0.3 is 0 Å². The molecule has 1 aromatic heterocycles. The van der Waals surface area contributed by atoms with E-state index < -0.39 is 0 Å². The Bertz CT molecular complexity index is 555. The average Bonchev–Trinajstić information content (AvgIpc) is 2.67. The highest BCUT2D eigenvalue weighted by Crippen LogP contribution is 2.40. The second kappa shape index (κ2) is 6.03. The van der Waals surface area contributed by atoms with Gasteiger partial charge in [-0.3, -0.25) is 9.69 Å². The summed E-state index contributed by atoms with van der Waals surface area (Å²) in [7, 11) is 2.11. The van der Waals surface area contributed by atoms with Crippen LogP contribution in [-0.2, 0) is 18.4 Å². The van der Waals surface area contributed by atoms with Crippen LogP contribution in [0.1, 0.15) is 49.3 Å². The van der Waals surface area contributed by atoms with Crippen LogP contribution >= 0.6 is 0 Å². The lowest BCUT2D eigenvalue weighted by atomic mass is 9.73. The van der Waals surface area contributed by atoms with Crippen LogP contribution in [0.5, 0.6) is 0 Å². The molecule has 2 saturated heterocycles. The minimum atomic E-state index is 0.235. The van der Waals surface area contributed by atoms with Gasteiger partial charge in [0, 0.05) is 25.7 Å². The molecule has 1 aromatic rings. The maximum absolute atomic E-state index is 11.6. The van der Waals surface area contributed by atoms with Crippen LogP contribution < -0.4 is 5.32 Å². The highest BCUT2D eigenvalue weighted by Gasteiger charge is 2.36. The number of aryl methyl sites for hydroxylation is 1. The monoisotopic (exact) mass is 304 g/mol. The molecule has 122 valence electrons. The van der Waals surface area contributed by atoms with E-state index in [4.69, 9.17) is 4.98 Å². The summed E-state index contributed by atoms with van der Waals surface area (Å²) in [5.41, 5.74) is 2.79. The predicted molar refractivity (Wildman–Crippen MR) is 86.5 cm³/mol. The lowest BCUT2D eigenvalue weighted by molar-refractivity contribution is -0.121. The highest BCUT2D eigenvalue weighted by molar-refractivity contribution is 5.76. The molecule has 0 radical (unpaired) electrons. The molecule has 5 nitrogen and oxygen atoms in total. The Morgan fingerprint density at radius 2 is 1.91 bits per heavy atom. The molecule has 22 heavy (non-hydrogen) atoms. The van der Waals surface area contributed by atoms with Crippen LogP contribution in [0.15, 0.2) is 0 Å². The van der Waals surface area contributed by atoms with E-state index in [1.807, 2.05) is 0 Å². The Labute approximate surface area is 133 Å². The zero-order valence-corrected chi connectivity index (χ0v) is 14.1. The van der Waals surface area contributed by atoms with Crippen molar-refractivity contribution in [1.29, 1.82) is 0 Å². The molecule has 1 spiro atoms. The Morgan fingerprint density at radius 3 is 2.55 bits per heavy atom. The molecule has 0 aliphatic carbocycles. The third kappa shape index (κ3) is 3.05. The fourth-order valence-electron chi connectivity index (χ4n) is 3.87. The molecule has 0 unspecified atom stereocenters. The molecule has 3 heterocycles. The van der Waals surface area contributed by atoms with Crippen molar-refractivity contribution in [2.45, 2.75) is 52.5 Å². The smallest absolute Gasteiger partial charge is 0.220 e. The van der Waals surface area contributed by atoms with Crippen molar-refractivity contribution in [3.63, 3.8) is 0 Å². The number of nitrogens with one attached hydrogen (secondary N) is 1. The lowest BCUT2D eigenvalue weighted by Gasteiger charge is -2.41. The molecule has 0 atom stereocenters. The van der Waals surface area contributed by atoms with Crippen LogP contribution in [-0.4, -0.2) is 40.0 Å². The largest absolute Gasteiger partial charge is 0.356 e. The average molecular weight is 304 g/mol. The number of hydrogen-bond acceptors (Lipinski definition) is 3. The fraction of sp³-hybridized carbons (Fsp3) is 0.765. The van der Waals surface area contributed by atoms with E-state index in [0.29, 0.717) is 11.8 Å². The number of hydrogen-bond donors (Lipinski definition) is 1. The van der Waals surface area contributed by atoms with Gasteiger partial charge in [-0.05, 0) is 58.0 Å². The van der Waals surface area contributed by atoms with Crippen molar-refractivity contribution in [3.05, 3.63) is 17.2 Å². The molecular formula is C17H28N4O. The third-order valence-electron chi connectivity index (χ3n) is 5.85. The van der Waals surface area contributed by atoms with Gasteiger partial charge in [0.15, 0.2) is 0 Å². The second-order valence-corrected chi connectivity index (χ2v) is 7.13. The van der Waals surface area contributed by atoms with E-state index in [-0.39, 0.29) is 5.91 Å². The van der Waals surface area contributed by atoms with Gasteiger partial charge in [-0.15, -0.1) is 0 Å². The van der Waals surface area contributed by atoms with Gasteiger partial charge < -0.3 is 9.88 Å². The topological polar surface area (TPSA) is 50.2 Å². The fourth-order valence-corrected chi connectivity index (χ4v) is 3.87. The van der Waals surface area contributed by atoms with E-state index in [1.165, 1.54) is 24.4 Å². The van der Waals surface area contributed by atoms with Gasteiger partial charge in [0.1, 0.15) is 5.82 Å². The number of carbonyl (C=O) groups excluding carboxylic acids is 1. The van der Waals surface area contributed by atoms with E-state index in [2.05, 4.69) is 35.7 Å². The van der Waals surface area contributed by atoms with Crippen molar-refractivity contribution in [2.24, 2.45) is 12.5 Å². The standard InChI is InChI=1S/C17H28N4O/c1-13-14(2)20(3)15(19-13)12-21-10-7-17(8-11-21)5-4-16(22)18-9-6-17/h4-12H2,1-3H3,(H,18,22). The van der Waals surface area contributed by atoms with Crippen molar-refractivity contribution < 1.29 is 4.79 Å². The Balaban J connectivity index is 1.59. The van der Waals surface area contributed by atoms with E-state index >= 15 is 0 Å². The van der Waals surface area contributed by atoms with Gasteiger partial charge in [-0.1, -0.05) is 0 Å². The SMILES string of the molecule is Cc1nc(CN2CCC3(CCNC(=O)CC3)CC2)n(C)c1C. The van der Waals surface area contributed by atoms with Crippen molar-refractivity contribution in [3.8, 4) is 0 Å². The molecule has 0 bridgehead atoms. The number of piperidine rings is 1. The first kappa shape index (κ1) is 15.5. The van der Waals surface area contributed by atoms with Crippen LogP contribution in [0.3, 0.4) is 0 Å². The number of carbonyl (C=O) groups is 1. The number of amides is 1. The summed E-state index contributed by atoms with van der Waals surface area (Å²) in [5.74, 6) is 1.40. The van der Waals surface area contributed by atoms with Crippen molar-refractivity contribution >= 4 is 5.91 Å². The minimum Gasteiger partial charge on any atom is -0.356 e. The summed E-state index contributed by atoms with van der Waals surface area (Å²) in [6.45, 7) is 8.26. The molecule has 1 N–H and O–H groups in total. The summed E-state index contributed by atoms with van der Waals surface area (Å²) in [4.78, 5) is 18.8. The van der Waals surface area contributed by atoms with Gasteiger partial charge in [-0.25, -0.2) is 4.98 Å². The Kier molecular flexibility index (Phi) is 4.26. The number of rotatable bonds is 2. The maximum atomic E-state index is 11.6. The first-order valence-corrected chi connectivity index (χ1v) is 8.47. The molecule has 0 saturated carbocycles. The lowest BCUT2D eigenvalue weighted by Crippen LogP contribution is -2.40. The highest BCUT2D eigenvalue weighted by atomic mass is 16.1. The van der Waals surface area contributed by atoms with E-state index in [9.17, 15) is 4.79 Å². The van der Waals surface area contributed by atoms with Gasteiger partial charge in [-0.2, -0.15) is 0 Å². The molecule has 0 aromatic carbocycles. The molecular weight excluding hydrogens is 276 g/mol. The molecule has 2 fully saturated rings. The van der Waals surface area contributed by atoms with Crippen molar-refractivity contribution in [2.75, 3.05) is 19.6 Å². The number of imidazole rings is 1. The number of likely N-dealkylation sites (tertiary alicyclic amines) is 1. The summed E-state index contributed by atoms with van der Waals surface area (Å²) in [6.07, 6.45) is 5.34. The summed E-state index contributed by atoms with van der Waals surface area (Å²) in [5, 5.41) is 3.02. The molecule has 2 aliphatic heterocycles. The van der Waals surface area contributed by atoms with Gasteiger partial charge in [0.25, 0.3) is 0 Å². The summed E-state index contributed by atoms with van der Waals surface area (Å²) >= 11 is 0. The first-order valence-electron chi connectivity index (χ1n) is 8.47. The molecule has 5 heteroatoms. The quantitative estimate of drug-likeness (QED) is 0.908. The van der Waals surface area contributed by atoms with Gasteiger partial charge in [0.2, 0.25) is 5.91 Å². The second-order valence-electron chi connectivity index (χ2n) is 7.13. The zero-order valence-electron chi connectivity index (χ0n) is 14.1. The van der Waals surface area contributed by atoms with E-state index in [0.717, 1.165) is 44.7 Å². The normalized spacial score (nSPS) is 22.6. The zero-order chi connectivity index (χ0) is 15.7. The first-order chi connectivity index (χ1) is 10.5. The summed E-state index contributed by atoms with van der Waals surface area (Å²) in [6, 6.07) is 0. The van der Waals surface area contributed by atoms with Crippen molar-refractivity contribution in [1.82, 2.24) is 19.8 Å². The van der Waals surface area contributed by atoms with Crippen LogP contribution in [0.4, 0.5) is 0 Å². The molecule has 3 rings (SSSR count). The Hall–Kier alpha value is -1.36. The van der Waals surface area contributed by atoms with Gasteiger partial charge in [0.05, 0.1) is 12.2 Å². The minimum absolute atomic E-state index is 0.235. The van der Waals surface area contributed by atoms with Crippen LogP contribution in [0.2, 0.25) is 0 Å². The van der Waals surface area contributed by atoms with E-state index in [1.54, 1.807) is 0 Å². The Morgan fingerprint density at radius 1 is 1.18 bits per heavy atom. The summed E-state index contributed by atoms with van der Waals surface area (Å²) < 4.78 is 2.22. The molecule has 2 aliphatic rings. The van der Waals surface area contributed by atoms with Crippen LogP contribution in [0.25, 0.3) is 0 Å². The number of aromatic nitrogens is 2. The predicted octanol–water partition coefficient (Wildman–Crippen LogP) is 1.92. The maximum Gasteiger partial charge on any atom is 0.220 e. The van der Waals surface area contributed by atoms with Crippen LogP contribution in [0, 0.1) is 19.3 Å². The third-order valence-corrected chi connectivity index (χ3v) is 5.85. The number of nitrogens with zero attached hydrogens (tertiary/aromatic N) is 3.